The summed E-state index contributed by atoms with van der Waals surface area (Å²) in [4.78, 5) is 0. The fraction of sp³-hybridized carbons (Fsp3) is 0.857. The molecule has 0 aromatic rings. The molecule has 0 amide bonds. The van der Waals surface area contributed by atoms with Gasteiger partial charge in [0, 0.05) is 0 Å². The molecule has 0 saturated heterocycles. The predicted molar refractivity (Wildman–Crippen MR) is 111 cm³/mol. The van der Waals surface area contributed by atoms with Crippen LogP contribution in [0.3, 0.4) is 0 Å². The summed E-state index contributed by atoms with van der Waals surface area (Å²) >= 11 is 0. The van der Waals surface area contributed by atoms with Crippen molar-refractivity contribution in [1.29, 1.82) is 0 Å². The third kappa shape index (κ3) is 10.3. The fourth-order valence-corrected chi connectivity index (χ4v) is 36.1. The van der Waals surface area contributed by atoms with Crippen molar-refractivity contribution in [3.05, 3.63) is 0 Å². The summed E-state index contributed by atoms with van der Waals surface area (Å²) in [5.74, 6) is 4.64. The minimum atomic E-state index is -1.34. The van der Waals surface area contributed by atoms with Gasteiger partial charge in [0.2, 0.25) is 0 Å². The summed E-state index contributed by atoms with van der Waals surface area (Å²) in [7, 11) is -3.31. The Kier molecular flexibility index (Phi) is 7.05. The molecule has 0 aliphatic carbocycles. The Morgan fingerprint density at radius 3 is 1.11 bits per heavy atom. The fourth-order valence-electron chi connectivity index (χ4n) is 3.63. The Morgan fingerprint density at radius 2 is 0.947 bits per heavy atom. The van der Waals surface area contributed by atoms with Gasteiger partial charge in [-0.05, 0) is 0 Å². The summed E-state index contributed by atoms with van der Waals surface area (Å²) in [6, 6.07) is 0. The van der Waals surface area contributed by atoms with Gasteiger partial charge in [0.1, 0.15) is 0 Å². The van der Waals surface area contributed by atoms with Gasteiger partial charge in [-0.2, -0.15) is 0 Å². The van der Waals surface area contributed by atoms with E-state index in [1.165, 1.54) is 0 Å². The second kappa shape index (κ2) is 6.75. The predicted octanol–water partition coefficient (Wildman–Crippen LogP) is 3.65. The normalized spacial score (nSPS) is 15.0. The van der Waals surface area contributed by atoms with Crippen LogP contribution in [0.2, 0.25) is 58.9 Å². The molecule has 0 aromatic carbocycles. The average molecular weight is 349 g/mol. The van der Waals surface area contributed by atoms with E-state index in [1.807, 2.05) is 0 Å². The topological polar surface area (TPSA) is 0 Å². The zero-order chi connectivity index (χ0) is 15.5. The Hall–Kier alpha value is 0.858. The molecular formula is C14H37PSi4. The van der Waals surface area contributed by atoms with Gasteiger partial charge < -0.3 is 0 Å². The van der Waals surface area contributed by atoms with Crippen LogP contribution in [0.1, 0.15) is 0 Å². The monoisotopic (exact) mass is 348 g/mol. The van der Waals surface area contributed by atoms with Crippen molar-refractivity contribution < 1.29 is 0 Å². The molecule has 0 aliphatic rings. The number of rotatable bonds is 6. The van der Waals surface area contributed by atoms with Crippen molar-refractivity contribution in [3.8, 4) is 11.2 Å². The first-order valence-electron chi connectivity index (χ1n) is 7.62. The molecule has 0 aliphatic heterocycles. The van der Waals surface area contributed by atoms with E-state index in [0.717, 1.165) is 10.2 Å². The molecule has 19 heavy (non-hydrogen) atoms. The summed E-state index contributed by atoms with van der Waals surface area (Å²) in [6.45, 7) is 23.0. The standard InChI is InChI=1S/C14H37PSi4/c1-17(2,3)12-15(10-11-16,13-18(4,5)6)14-19(7,8)9/h15H,12-14H2,1-9,16H3. The first kappa shape index (κ1) is 19.9. The van der Waals surface area contributed by atoms with Gasteiger partial charge in [-0.1, -0.05) is 0 Å². The van der Waals surface area contributed by atoms with Crippen molar-refractivity contribution in [2.45, 2.75) is 58.9 Å². The summed E-state index contributed by atoms with van der Waals surface area (Å²) in [5.41, 5.74) is 7.41. The molecule has 0 aromatic heterocycles. The molecule has 0 spiro atoms. The van der Waals surface area contributed by atoms with Crippen molar-refractivity contribution in [3.63, 3.8) is 0 Å². The van der Waals surface area contributed by atoms with Gasteiger partial charge in [0.05, 0.1) is 0 Å². The van der Waals surface area contributed by atoms with Crippen LogP contribution in [-0.4, -0.2) is 51.8 Å². The van der Waals surface area contributed by atoms with Crippen molar-refractivity contribution in [1.82, 2.24) is 0 Å². The zero-order valence-corrected chi connectivity index (χ0v) is 21.1. The van der Waals surface area contributed by atoms with E-state index >= 15 is 0 Å². The molecule has 0 N–H and O–H groups in total. The maximum atomic E-state index is 3.92. The molecule has 0 rings (SSSR count). The van der Waals surface area contributed by atoms with Gasteiger partial charge >= 0.3 is 129 Å². The molecule has 0 nitrogen and oxygen atoms in total. The van der Waals surface area contributed by atoms with E-state index in [2.05, 4.69) is 70.1 Å². The van der Waals surface area contributed by atoms with Crippen molar-refractivity contribution in [2.24, 2.45) is 0 Å². The second-order valence-corrected chi connectivity index (χ2v) is 32.8. The van der Waals surface area contributed by atoms with Crippen LogP contribution in [0.25, 0.3) is 0 Å². The van der Waals surface area contributed by atoms with Gasteiger partial charge in [-0.3, -0.25) is 0 Å². The van der Waals surface area contributed by atoms with Gasteiger partial charge in [0.25, 0.3) is 0 Å². The van der Waals surface area contributed by atoms with Crippen LogP contribution in [0, 0.1) is 11.2 Å². The molecule has 0 atom stereocenters. The SMILES string of the molecule is C[Si](C)(C)C[PH](C#C[SiH3])(C[Si](C)(C)C)C[Si](C)(C)C. The van der Waals surface area contributed by atoms with Gasteiger partial charge in [-0.25, -0.2) is 0 Å². The molecular weight excluding hydrogens is 311 g/mol. The van der Waals surface area contributed by atoms with Crippen LogP contribution in [0.4, 0.5) is 0 Å². The number of hydrogen-bond donors (Lipinski definition) is 0. The Morgan fingerprint density at radius 1 is 0.684 bits per heavy atom. The third-order valence-electron chi connectivity index (χ3n) is 3.00. The molecule has 0 heterocycles. The van der Waals surface area contributed by atoms with Crippen molar-refractivity contribution in [2.75, 3.05) is 17.4 Å². The summed E-state index contributed by atoms with van der Waals surface area (Å²) in [6.07, 6.45) is 0. The molecule has 5 heteroatoms. The first-order valence-corrected chi connectivity index (χ1v) is 22.4. The molecule has 114 valence electrons. The summed E-state index contributed by atoms with van der Waals surface area (Å²) < 4.78 is 0. The van der Waals surface area contributed by atoms with E-state index in [-0.39, 0.29) is 0 Å². The van der Waals surface area contributed by atoms with E-state index in [9.17, 15) is 0 Å². The van der Waals surface area contributed by atoms with Crippen LogP contribution in [0.15, 0.2) is 0 Å². The van der Waals surface area contributed by atoms with Crippen LogP contribution < -0.4 is 0 Å². The molecule has 0 radical (unpaired) electrons. The third-order valence-corrected chi connectivity index (χ3v) is 25.4. The van der Waals surface area contributed by atoms with E-state index in [1.54, 1.807) is 17.4 Å². The Bertz CT molecular complexity index is 306. The first-order chi connectivity index (χ1) is 8.18. The summed E-state index contributed by atoms with van der Waals surface area (Å²) in [5, 5.41) is 0. The Balaban J connectivity index is 5.52. The van der Waals surface area contributed by atoms with Crippen LogP contribution in [-0.2, 0) is 0 Å². The minimum absolute atomic E-state index is 1.01. The van der Waals surface area contributed by atoms with Crippen LogP contribution >= 0.6 is 7.26 Å². The maximum absolute atomic E-state index is 3.92. The van der Waals surface area contributed by atoms with Crippen molar-refractivity contribution >= 4 is 41.7 Å². The van der Waals surface area contributed by atoms with Gasteiger partial charge in [-0.15, -0.1) is 0 Å². The molecule has 0 saturated carbocycles. The second-order valence-electron chi connectivity index (χ2n) is 9.87. The Labute approximate surface area is 129 Å². The van der Waals surface area contributed by atoms with E-state index < -0.39 is 31.5 Å². The number of hydrogen-bond acceptors (Lipinski definition) is 0. The molecule has 0 fully saturated rings. The van der Waals surface area contributed by atoms with Gasteiger partial charge in [0.15, 0.2) is 0 Å². The van der Waals surface area contributed by atoms with E-state index in [0.29, 0.717) is 0 Å². The zero-order valence-electron chi connectivity index (χ0n) is 15.1. The molecule has 0 unspecified atom stereocenters. The van der Waals surface area contributed by atoms with E-state index in [4.69, 9.17) is 0 Å². The average Bonchev–Trinajstić information content (AvgIpc) is 1.90. The quantitative estimate of drug-likeness (QED) is 0.390. The van der Waals surface area contributed by atoms with Crippen LogP contribution in [0.5, 0.6) is 0 Å². The molecule has 0 bridgehead atoms.